The summed E-state index contributed by atoms with van der Waals surface area (Å²) < 4.78 is 32.2. The second-order valence-electron chi connectivity index (χ2n) is 5.91. The molecular formula is C18H21ClF2N2O. The second-order valence-corrected chi connectivity index (χ2v) is 5.91. The van der Waals surface area contributed by atoms with Crippen molar-refractivity contribution in [3.63, 3.8) is 0 Å². The van der Waals surface area contributed by atoms with E-state index in [2.05, 4.69) is 11.0 Å². The fourth-order valence-electron chi connectivity index (χ4n) is 2.89. The molecule has 1 aliphatic rings. The lowest BCUT2D eigenvalue weighted by molar-refractivity contribution is 0.0934. The third kappa shape index (κ3) is 4.82. The number of rotatable bonds is 4. The molecule has 1 saturated heterocycles. The lowest BCUT2D eigenvalue weighted by Crippen LogP contribution is -2.37. The Kier molecular flexibility index (Phi) is 6.40. The molecule has 6 heteroatoms. The Morgan fingerprint density at radius 1 is 1.08 bits per heavy atom. The highest BCUT2D eigenvalue weighted by Gasteiger charge is 2.21. The van der Waals surface area contributed by atoms with Crippen molar-refractivity contribution in [3.8, 4) is 5.75 Å². The van der Waals surface area contributed by atoms with Gasteiger partial charge >= 0.3 is 0 Å². The van der Waals surface area contributed by atoms with E-state index < -0.39 is 11.6 Å². The van der Waals surface area contributed by atoms with Crippen molar-refractivity contribution >= 4 is 18.1 Å². The van der Waals surface area contributed by atoms with E-state index in [-0.39, 0.29) is 24.3 Å². The number of nitrogens with zero attached hydrogens (tertiary/aromatic N) is 1. The van der Waals surface area contributed by atoms with Gasteiger partial charge in [0.1, 0.15) is 11.9 Å². The van der Waals surface area contributed by atoms with Gasteiger partial charge in [-0.3, -0.25) is 4.90 Å². The summed E-state index contributed by atoms with van der Waals surface area (Å²) in [7, 11) is 0. The fourth-order valence-corrected chi connectivity index (χ4v) is 2.89. The maximum atomic E-state index is 13.6. The van der Waals surface area contributed by atoms with Crippen molar-refractivity contribution in [1.29, 1.82) is 0 Å². The van der Waals surface area contributed by atoms with Crippen molar-refractivity contribution in [1.82, 2.24) is 4.90 Å². The average molecular weight is 355 g/mol. The molecule has 1 heterocycles. The highest BCUT2D eigenvalue weighted by atomic mass is 35.5. The Balaban J connectivity index is 0.00000208. The Hall–Kier alpha value is -1.85. The number of ether oxygens (including phenoxy) is 1. The second kappa shape index (κ2) is 8.31. The molecule has 0 amide bonds. The Bertz CT molecular complexity index is 676. The molecule has 3 rings (SSSR count). The molecule has 0 saturated carbocycles. The van der Waals surface area contributed by atoms with Crippen LogP contribution in [0.5, 0.6) is 5.75 Å². The minimum atomic E-state index is -0.646. The van der Waals surface area contributed by atoms with E-state index in [0.717, 1.165) is 44.2 Å². The summed E-state index contributed by atoms with van der Waals surface area (Å²) in [6.45, 7) is 2.60. The van der Waals surface area contributed by atoms with E-state index in [0.29, 0.717) is 0 Å². The zero-order valence-electron chi connectivity index (χ0n) is 13.3. The molecule has 0 unspecified atom stereocenters. The van der Waals surface area contributed by atoms with Gasteiger partial charge in [-0.15, -0.1) is 12.4 Å². The first-order valence-electron chi connectivity index (χ1n) is 7.78. The molecule has 2 aromatic carbocycles. The molecule has 1 aliphatic heterocycles. The van der Waals surface area contributed by atoms with Crippen molar-refractivity contribution < 1.29 is 13.5 Å². The van der Waals surface area contributed by atoms with Crippen LogP contribution in [0, 0.1) is 11.6 Å². The predicted molar refractivity (Wildman–Crippen MR) is 93.4 cm³/mol. The van der Waals surface area contributed by atoms with Gasteiger partial charge in [0.25, 0.3) is 0 Å². The van der Waals surface area contributed by atoms with Crippen molar-refractivity contribution in [2.45, 2.75) is 25.5 Å². The van der Waals surface area contributed by atoms with Crippen LogP contribution in [0.4, 0.5) is 14.5 Å². The van der Waals surface area contributed by atoms with Crippen LogP contribution in [-0.2, 0) is 6.54 Å². The summed E-state index contributed by atoms with van der Waals surface area (Å²) in [4.78, 5) is 2.33. The van der Waals surface area contributed by atoms with E-state index >= 15 is 0 Å². The van der Waals surface area contributed by atoms with E-state index in [1.165, 1.54) is 17.7 Å². The van der Waals surface area contributed by atoms with Gasteiger partial charge in [-0.1, -0.05) is 12.1 Å². The average Bonchev–Trinajstić information content (AvgIpc) is 2.52. The smallest absolute Gasteiger partial charge is 0.167 e. The molecule has 1 fully saturated rings. The molecular weight excluding hydrogens is 334 g/mol. The number of halogens is 3. The number of nitrogen functional groups attached to an aromatic ring is 1. The summed E-state index contributed by atoms with van der Waals surface area (Å²) in [5.74, 6) is -1.11. The van der Waals surface area contributed by atoms with Gasteiger partial charge in [-0.05, 0) is 42.7 Å². The van der Waals surface area contributed by atoms with Crippen molar-refractivity contribution in [3.05, 3.63) is 59.7 Å². The van der Waals surface area contributed by atoms with Crippen LogP contribution in [0.25, 0.3) is 0 Å². The highest BCUT2D eigenvalue weighted by molar-refractivity contribution is 5.85. The number of likely N-dealkylation sites (tertiary alicyclic amines) is 1. The van der Waals surface area contributed by atoms with E-state index in [1.807, 2.05) is 18.2 Å². The first-order chi connectivity index (χ1) is 11.1. The molecule has 0 bridgehead atoms. The summed E-state index contributed by atoms with van der Waals surface area (Å²) >= 11 is 0. The SMILES string of the molecule is Cl.Nc1cccc(CN2CCC(Oc3ccc(F)cc3F)CC2)c1. The van der Waals surface area contributed by atoms with Gasteiger partial charge in [-0.2, -0.15) is 0 Å². The van der Waals surface area contributed by atoms with Gasteiger partial charge < -0.3 is 10.5 Å². The van der Waals surface area contributed by atoms with Crippen LogP contribution in [0.3, 0.4) is 0 Å². The Labute approximate surface area is 146 Å². The monoisotopic (exact) mass is 354 g/mol. The maximum absolute atomic E-state index is 13.6. The molecule has 2 aromatic rings. The van der Waals surface area contributed by atoms with Gasteiger partial charge in [0.2, 0.25) is 0 Å². The van der Waals surface area contributed by atoms with Gasteiger partial charge in [-0.25, -0.2) is 8.78 Å². The third-order valence-corrected chi connectivity index (χ3v) is 4.08. The van der Waals surface area contributed by atoms with E-state index in [9.17, 15) is 8.78 Å². The van der Waals surface area contributed by atoms with Gasteiger partial charge in [0.05, 0.1) is 0 Å². The van der Waals surface area contributed by atoms with Crippen LogP contribution in [0.15, 0.2) is 42.5 Å². The van der Waals surface area contributed by atoms with Crippen LogP contribution in [0.2, 0.25) is 0 Å². The number of piperidine rings is 1. The molecule has 130 valence electrons. The zero-order chi connectivity index (χ0) is 16.2. The molecule has 0 aliphatic carbocycles. The van der Waals surface area contributed by atoms with Gasteiger partial charge in [0, 0.05) is 31.4 Å². The Morgan fingerprint density at radius 2 is 1.83 bits per heavy atom. The number of anilines is 1. The predicted octanol–water partition coefficient (Wildman–Crippen LogP) is 4.01. The fraction of sp³-hybridized carbons (Fsp3) is 0.333. The lowest BCUT2D eigenvalue weighted by Gasteiger charge is -2.32. The number of hydrogen-bond acceptors (Lipinski definition) is 3. The first-order valence-corrected chi connectivity index (χ1v) is 7.78. The van der Waals surface area contributed by atoms with E-state index in [1.54, 1.807) is 0 Å². The summed E-state index contributed by atoms with van der Waals surface area (Å²) in [6, 6.07) is 11.3. The Morgan fingerprint density at radius 3 is 2.50 bits per heavy atom. The topological polar surface area (TPSA) is 38.5 Å². The lowest BCUT2D eigenvalue weighted by atomic mass is 10.1. The molecule has 0 radical (unpaired) electrons. The number of hydrogen-bond donors (Lipinski definition) is 1. The quantitative estimate of drug-likeness (QED) is 0.843. The minimum absolute atomic E-state index is 0. The molecule has 3 nitrogen and oxygen atoms in total. The molecule has 0 aromatic heterocycles. The normalized spacial score (nSPS) is 15.8. The van der Waals surface area contributed by atoms with Crippen LogP contribution in [0.1, 0.15) is 18.4 Å². The molecule has 2 N–H and O–H groups in total. The van der Waals surface area contributed by atoms with Crippen LogP contribution in [-0.4, -0.2) is 24.1 Å². The number of nitrogens with two attached hydrogens (primary N) is 1. The van der Waals surface area contributed by atoms with Crippen LogP contribution < -0.4 is 10.5 Å². The molecule has 24 heavy (non-hydrogen) atoms. The zero-order valence-corrected chi connectivity index (χ0v) is 14.1. The standard InChI is InChI=1S/C18H20F2N2O.ClH/c19-14-4-5-18(17(20)11-14)23-16-6-8-22(9-7-16)12-13-2-1-3-15(21)10-13;/h1-5,10-11,16H,6-9,12,21H2;1H. The summed E-state index contributed by atoms with van der Waals surface area (Å²) in [5.41, 5.74) is 7.76. The highest BCUT2D eigenvalue weighted by Crippen LogP contribution is 2.23. The van der Waals surface area contributed by atoms with Crippen molar-refractivity contribution in [2.24, 2.45) is 0 Å². The van der Waals surface area contributed by atoms with E-state index in [4.69, 9.17) is 10.5 Å². The molecule has 0 spiro atoms. The first kappa shape index (κ1) is 18.5. The summed E-state index contributed by atoms with van der Waals surface area (Å²) in [5, 5.41) is 0. The summed E-state index contributed by atoms with van der Waals surface area (Å²) in [6.07, 6.45) is 1.60. The van der Waals surface area contributed by atoms with Crippen LogP contribution >= 0.6 is 12.4 Å². The minimum Gasteiger partial charge on any atom is -0.487 e. The number of benzene rings is 2. The maximum Gasteiger partial charge on any atom is 0.167 e. The largest absolute Gasteiger partial charge is 0.487 e. The van der Waals surface area contributed by atoms with Crippen molar-refractivity contribution in [2.75, 3.05) is 18.8 Å². The van der Waals surface area contributed by atoms with Gasteiger partial charge in [0.15, 0.2) is 11.6 Å². The third-order valence-electron chi connectivity index (χ3n) is 4.08. The molecule has 0 atom stereocenters.